The number of ether oxygens (including phenoxy) is 1. The Kier molecular flexibility index (Phi) is 3.91. The summed E-state index contributed by atoms with van der Waals surface area (Å²) < 4.78 is 6.09. The summed E-state index contributed by atoms with van der Waals surface area (Å²) in [5.41, 5.74) is 6.06. The third kappa shape index (κ3) is 2.43. The first-order valence-corrected chi connectivity index (χ1v) is 7.01. The Morgan fingerprint density at radius 1 is 1.31 bits per heavy atom. The van der Waals surface area contributed by atoms with Crippen molar-refractivity contribution in [2.75, 3.05) is 13.2 Å². The number of rotatable bonds is 3. The van der Waals surface area contributed by atoms with Gasteiger partial charge in [0.25, 0.3) is 0 Å². The van der Waals surface area contributed by atoms with Crippen molar-refractivity contribution in [3.05, 3.63) is 0 Å². The second-order valence-corrected chi connectivity index (χ2v) is 6.06. The van der Waals surface area contributed by atoms with Crippen molar-refractivity contribution < 1.29 is 4.74 Å². The van der Waals surface area contributed by atoms with Crippen LogP contribution in [0.2, 0.25) is 0 Å². The van der Waals surface area contributed by atoms with Crippen LogP contribution in [0.5, 0.6) is 0 Å². The van der Waals surface area contributed by atoms with Crippen LogP contribution in [0, 0.1) is 17.8 Å². The lowest BCUT2D eigenvalue weighted by Crippen LogP contribution is -2.40. The van der Waals surface area contributed by atoms with Gasteiger partial charge in [-0.1, -0.05) is 26.7 Å². The minimum Gasteiger partial charge on any atom is -0.375 e. The van der Waals surface area contributed by atoms with Gasteiger partial charge >= 0.3 is 0 Å². The monoisotopic (exact) mass is 225 g/mol. The molecule has 16 heavy (non-hydrogen) atoms. The molecule has 1 heterocycles. The molecule has 1 saturated carbocycles. The molecule has 1 spiro atoms. The van der Waals surface area contributed by atoms with Crippen LogP contribution in [-0.4, -0.2) is 18.8 Å². The van der Waals surface area contributed by atoms with E-state index >= 15 is 0 Å². The highest BCUT2D eigenvalue weighted by Gasteiger charge is 2.41. The van der Waals surface area contributed by atoms with Gasteiger partial charge < -0.3 is 10.5 Å². The molecule has 2 heteroatoms. The van der Waals surface area contributed by atoms with Gasteiger partial charge in [-0.15, -0.1) is 0 Å². The van der Waals surface area contributed by atoms with Crippen LogP contribution in [0.4, 0.5) is 0 Å². The summed E-state index contributed by atoms with van der Waals surface area (Å²) in [7, 11) is 0. The van der Waals surface area contributed by atoms with E-state index in [0.29, 0.717) is 5.92 Å². The molecule has 2 rings (SSSR count). The molecule has 0 bridgehead atoms. The van der Waals surface area contributed by atoms with E-state index in [1.165, 1.54) is 38.5 Å². The van der Waals surface area contributed by atoms with Crippen molar-refractivity contribution in [2.45, 2.75) is 58.0 Å². The van der Waals surface area contributed by atoms with Crippen molar-refractivity contribution in [3.8, 4) is 0 Å². The maximum atomic E-state index is 6.09. The topological polar surface area (TPSA) is 35.2 Å². The Balaban J connectivity index is 1.95. The maximum absolute atomic E-state index is 6.09. The number of hydrogen-bond acceptors (Lipinski definition) is 2. The zero-order valence-electron chi connectivity index (χ0n) is 10.9. The molecule has 1 aliphatic carbocycles. The number of nitrogens with two attached hydrogens (primary N) is 1. The lowest BCUT2D eigenvalue weighted by Gasteiger charge is -2.42. The van der Waals surface area contributed by atoms with E-state index < -0.39 is 0 Å². The minimum absolute atomic E-state index is 0.269. The van der Waals surface area contributed by atoms with Gasteiger partial charge in [0, 0.05) is 6.61 Å². The molecule has 1 saturated heterocycles. The first-order valence-electron chi connectivity index (χ1n) is 7.01. The van der Waals surface area contributed by atoms with Crippen LogP contribution in [0.25, 0.3) is 0 Å². The van der Waals surface area contributed by atoms with E-state index in [4.69, 9.17) is 10.5 Å². The lowest BCUT2D eigenvalue weighted by molar-refractivity contribution is -0.104. The predicted molar refractivity (Wildman–Crippen MR) is 67.3 cm³/mol. The molecule has 1 aliphatic heterocycles. The average Bonchev–Trinajstić information content (AvgIpc) is 2.75. The summed E-state index contributed by atoms with van der Waals surface area (Å²) in [4.78, 5) is 0. The SMILES string of the molecule is CC(CN)C(C)C1CCOC2(CCCC2)C1. The summed E-state index contributed by atoms with van der Waals surface area (Å²) in [5.74, 6) is 2.25. The Labute approximate surface area is 99.9 Å². The van der Waals surface area contributed by atoms with Crippen molar-refractivity contribution in [3.63, 3.8) is 0 Å². The van der Waals surface area contributed by atoms with Crippen LogP contribution in [0.3, 0.4) is 0 Å². The second kappa shape index (κ2) is 5.05. The molecule has 0 aromatic heterocycles. The molecule has 0 radical (unpaired) electrons. The zero-order chi connectivity index (χ0) is 11.6. The predicted octanol–water partition coefficient (Wildman–Crippen LogP) is 2.96. The quantitative estimate of drug-likeness (QED) is 0.801. The van der Waals surface area contributed by atoms with E-state index in [2.05, 4.69) is 13.8 Å². The van der Waals surface area contributed by atoms with Crippen LogP contribution in [0.15, 0.2) is 0 Å². The van der Waals surface area contributed by atoms with Gasteiger partial charge in [0.15, 0.2) is 0 Å². The molecule has 2 N–H and O–H groups in total. The Bertz CT molecular complexity index is 223. The first-order chi connectivity index (χ1) is 7.67. The summed E-state index contributed by atoms with van der Waals surface area (Å²) in [6, 6.07) is 0. The highest BCUT2D eigenvalue weighted by Crippen LogP contribution is 2.44. The van der Waals surface area contributed by atoms with Crippen LogP contribution < -0.4 is 5.73 Å². The molecule has 0 aromatic rings. The first kappa shape index (κ1) is 12.4. The Hall–Kier alpha value is -0.0800. The van der Waals surface area contributed by atoms with Crippen molar-refractivity contribution in [2.24, 2.45) is 23.5 Å². The highest BCUT2D eigenvalue weighted by molar-refractivity contribution is 4.92. The molecule has 2 aliphatic rings. The van der Waals surface area contributed by atoms with Gasteiger partial charge in [-0.25, -0.2) is 0 Å². The van der Waals surface area contributed by atoms with Crippen LogP contribution in [0.1, 0.15) is 52.4 Å². The molecular formula is C14H27NO. The fourth-order valence-corrected chi connectivity index (χ4v) is 3.56. The third-order valence-corrected chi connectivity index (χ3v) is 5.06. The molecular weight excluding hydrogens is 198 g/mol. The second-order valence-electron chi connectivity index (χ2n) is 6.06. The molecule has 0 aromatic carbocycles. The average molecular weight is 225 g/mol. The van der Waals surface area contributed by atoms with Crippen molar-refractivity contribution >= 4 is 0 Å². The van der Waals surface area contributed by atoms with Crippen LogP contribution in [-0.2, 0) is 4.74 Å². The van der Waals surface area contributed by atoms with Gasteiger partial charge in [0.1, 0.15) is 0 Å². The standard InChI is InChI=1S/C14H27NO/c1-11(10-15)12(2)13-5-8-16-14(9-13)6-3-4-7-14/h11-13H,3-10,15H2,1-2H3. The normalized spacial score (nSPS) is 32.8. The molecule has 2 nitrogen and oxygen atoms in total. The summed E-state index contributed by atoms with van der Waals surface area (Å²) >= 11 is 0. The number of hydrogen-bond donors (Lipinski definition) is 1. The zero-order valence-corrected chi connectivity index (χ0v) is 10.9. The Morgan fingerprint density at radius 3 is 2.62 bits per heavy atom. The minimum atomic E-state index is 0.269. The van der Waals surface area contributed by atoms with Gasteiger partial charge in [-0.05, 0) is 50.0 Å². The molecule has 94 valence electrons. The van der Waals surface area contributed by atoms with Gasteiger partial charge in [0.2, 0.25) is 0 Å². The largest absolute Gasteiger partial charge is 0.375 e. The summed E-state index contributed by atoms with van der Waals surface area (Å²) in [5, 5.41) is 0. The lowest BCUT2D eigenvalue weighted by atomic mass is 9.74. The fourth-order valence-electron chi connectivity index (χ4n) is 3.56. The molecule has 0 amide bonds. The van der Waals surface area contributed by atoms with Gasteiger partial charge in [-0.3, -0.25) is 0 Å². The van der Waals surface area contributed by atoms with E-state index in [0.717, 1.165) is 25.0 Å². The fraction of sp³-hybridized carbons (Fsp3) is 1.00. The van der Waals surface area contributed by atoms with Gasteiger partial charge in [0.05, 0.1) is 5.60 Å². The third-order valence-electron chi connectivity index (χ3n) is 5.06. The van der Waals surface area contributed by atoms with Crippen molar-refractivity contribution in [1.82, 2.24) is 0 Å². The van der Waals surface area contributed by atoms with Gasteiger partial charge in [-0.2, -0.15) is 0 Å². The highest BCUT2D eigenvalue weighted by atomic mass is 16.5. The van der Waals surface area contributed by atoms with E-state index in [9.17, 15) is 0 Å². The summed E-state index contributed by atoms with van der Waals surface area (Å²) in [6.07, 6.45) is 7.87. The Morgan fingerprint density at radius 2 is 2.00 bits per heavy atom. The van der Waals surface area contributed by atoms with E-state index in [-0.39, 0.29) is 5.60 Å². The molecule has 3 atom stereocenters. The van der Waals surface area contributed by atoms with E-state index in [1.54, 1.807) is 0 Å². The smallest absolute Gasteiger partial charge is 0.0685 e. The maximum Gasteiger partial charge on any atom is 0.0685 e. The molecule has 2 fully saturated rings. The summed E-state index contributed by atoms with van der Waals surface area (Å²) in [6.45, 7) is 6.48. The van der Waals surface area contributed by atoms with Crippen LogP contribution >= 0.6 is 0 Å². The van der Waals surface area contributed by atoms with E-state index in [1.807, 2.05) is 0 Å². The molecule has 3 unspecified atom stereocenters. The van der Waals surface area contributed by atoms with Crippen molar-refractivity contribution in [1.29, 1.82) is 0 Å².